The fourth-order valence-electron chi connectivity index (χ4n) is 3.38. The van der Waals surface area contributed by atoms with Crippen LogP contribution in [-0.2, 0) is 11.3 Å². The van der Waals surface area contributed by atoms with E-state index in [1.807, 2.05) is 26.0 Å². The number of carbonyl (C=O) groups is 1. The van der Waals surface area contributed by atoms with Crippen molar-refractivity contribution in [1.29, 1.82) is 0 Å². The van der Waals surface area contributed by atoms with Crippen LogP contribution < -0.4 is 15.4 Å². The molecule has 10 heteroatoms. The summed E-state index contributed by atoms with van der Waals surface area (Å²) in [4.78, 5) is 22.6. The van der Waals surface area contributed by atoms with Crippen LogP contribution in [0.2, 0.25) is 0 Å². The molecule has 0 spiro atoms. The molecule has 2 heterocycles. The zero-order chi connectivity index (χ0) is 22.8. The van der Waals surface area contributed by atoms with Gasteiger partial charge in [0.25, 0.3) is 0 Å². The smallest absolute Gasteiger partial charge is 0.409 e. The normalized spacial score (nSPS) is 14.3. The number of aliphatic imine (C=N–C) groups is 1. The van der Waals surface area contributed by atoms with E-state index in [9.17, 15) is 9.18 Å². The minimum atomic E-state index is -0.370. The van der Waals surface area contributed by atoms with Crippen molar-refractivity contribution in [3.63, 3.8) is 0 Å². The molecule has 1 saturated heterocycles. The second kappa shape index (κ2) is 13.8. The number of likely N-dealkylation sites (tertiary alicyclic amines) is 1. The molecule has 0 atom stereocenters. The van der Waals surface area contributed by atoms with Crippen LogP contribution in [0.3, 0.4) is 0 Å². The summed E-state index contributed by atoms with van der Waals surface area (Å²) in [6.07, 6.45) is 2.99. The van der Waals surface area contributed by atoms with Gasteiger partial charge in [-0.05, 0) is 44.9 Å². The Balaban J connectivity index is 0.00000385. The van der Waals surface area contributed by atoms with Crippen molar-refractivity contribution in [3.05, 3.63) is 54.0 Å². The Kier molecular flexibility index (Phi) is 11.1. The Bertz CT molecular complexity index is 922. The number of benzene rings is 1. The molecule has 1 aromatic carbocycles. The summed E-state index contributed by atoms with van der Waals surface area (Å²) in [6.45, 7) is 6.54. The predicted octanol–water partition coefficient (Wildman–Crippen LogP) is 4.31. The van der Waals surface area contributed by atoms with Crippen LogP contribution in [-0.4, -0.2) is 54.2 Å². The van der Waals surface area contributed by atoms with Gasteiger partial charge in [0.05, 0.1) is 13.2 Å². The van der Waals surface area contributed by atoms with Gasteiger partial charge in [-0.15, -0.1) is 24.0 Å². The number of piperidine rings is 1. The number of rotatable bonds is 7. The van der Waals surface area contributed by atoms with E-state index in [0.29, 0.717) is 50.4 Å². The Morgan fingerprint density at radius 3 is 2.73 bits per heavy atom. The molecule has 0 aliphatic carbocycles. The first kappa shape index (κ1) is 26.6. The Morgan fingerprint density at radius 2 is 2.03 bits per heavy atom. The zero-order valence-electron chi connectivity index (χ0n) is 18.9. The number of nitrogens with zero attached hydrogens (tertiary/aromatic N) is 3. The highest BCUT2D eigenvalue weighted by molar-refractivity contribution is 14.0. The molecule has 1 aliphatic heterocycles. The Morgan fingerprint density at radius 1 is 1.24 bits per heavy atom. The quantitative estimate of drug-likeness (QED) is 0.293. The van der Waals surface area contributed by atoms with E-state index in [1.165, 1.54) is 12.1 Å². The Labute approximate surface area is 211 Å². The summed E-state index contributed by atoms with van der Waals surface area (Å²) < 4.78 is 24.3. The lowest BCUT2D eigenvalue weighted by Gasteiger charge is -2.32. The first-order valence-electron chi connectivity index (χ1n) is 10.9. The van der Waals surface area contributed by atoms with Gasteiger partial charge < -0.3 is 25.0 Å². The molecular weight excluding hydrogens is 540 g/mol. The molecule has 1 aromatic heterocycles. The highest BCUT2D eigenvalue weighted by Crippen LogP contribution is 2.24. The van der Waals surface area contributed by atoms with Gasteiger partial charge in [-0.1, -0.05) is 12.1 Å². The third-order valence-electron chi connectivity index (χ3n) is 4.97. The molecule has 1 aliphatic rings. The van der Waals surface area contributed by atoms with Crippen LogP contribution in [0.5, 0.6) is 11.6 Å². The highest BCUT2D eigenvalue weighted by Gasteiger charge is 2.24. The van der Waals surface area contributed by atoms with E-state index in [-0.39, 0.29) is 41.9 Å². The first-order valence-corrected chi connectivity index (χ1v) is 10.9. The first-order chi connectivity index (χ1) is 15.6. The average Bonchev–Trinajstić information content (AvgIpc) is 2.79. The third kappa shape index (κ3) is 8.34. The molecule has 3 rings (SSSR count). The number of hydrogen-bond donors (Lipinski definition) is 2. The number of pyridine rings is 1. The number of carbonyl (C=O) groups excluding carboxylic acids is 1. The standard InChI is InChI=1S/C23H30FN5O3.HI/c1-3-25-22(28-19-10-13-29(14-11-19)23(30)31-4-2)27-16-17-7-6-12-26-21(17)32-20-9-5-8-18(24)15-20;/h5-9,12,15,19H,3-4,10-11,13-14,16H2,1-2H3,(H2,25,27,28);1H. The van der Waals surface area contributed by atoms with Crippen LogP contribution in [0, 0.1) is 5.82 Å². The number of aromatic nitrogens is 1. The van der Waals surface area contributed by atoms with E-state index >= 15 is 0 Å². The van der Waals surface area contributed by atoms with Gasteiger partial charge in [-0.2, -0.15) is 0 Å². The van der Waals surface area contributed by atoms with Crippen molar-refractivity contribution >= 4 is 36.0 Å². The van der Waals surface area contributed by atoms with Gasteiger partial charge in [0.15, 0.2) is 5.96 Å². The van der Waals surface area contributed by atoms with Gasteiger partial charge in [0.1, 0.15) is 11.6 Å². The minimum absolute atomic E-state index is 0. The van der Waals surface area contributed by atoms with E-state index in [4.69, 9.17) is 9.47 Å². The fraction of sp³-hybridized carbons (Fsp3) is 0.435. The van der Waals surface area contributed by atoms with Crippen molar-refractivity contribution in [2.24, 2.45) is 4.99 Å². The van der Waals surface area contributed by atoms with Gasteiger partial charge >= 0.3 is 6.09 Å². The molecule has 1 amide bonds. The molecule has 0 saturated carbocycles. The maximum Gasteiger partial charge on any atom is 0.409 e. The van der Waals surface area contributed by atoms with E-state index in [2.05, 4.69) is 20.6 Å². The molecule has 33 heavy (non-hydrogen) atoms. The molecule has 0 radical (unpaired) electrons. The third-order valence-corrected chi connectivity index (χ3v) is 4.97. The number of nitrogens with one attached hydrogen (secondary N) is 2. The number of guanidine groups is 1. The van der Waals surface area contributed by atoms with Crippen LogP contribution in [0.25, 0.3) is 0 Å². The summed E-state index contributed by atoms with van der Waals surface area (Å²) >= 11 is 0. The lowest BCUT2D eigenvalue weighted by molar-refractivity contribution is 0.0963. The zero-order valence-corrected chi connectivity index (χ0v) is 21.3. The van der Waals surface area contributed by atoms with Crippen molar-refractivity contribution in [3.8, 4) is 11.6 Å². The van der Waals surface area contributed by atoms with E-state index < -0.39 is 0 Å². The largest absolute Gasteiger partial charge is 0.450 e. The van der Waals surface area contributed by atoms with Crippen molar-refractivity contribution in [2.75, 3.05) is 26.2 Å². The predicted molar refractivity (Wildman–Crippen MR) is 136 cm³/mol. The summed E-state index contributed by atoms with van der Waals surface area (Å²) in [5, 5.41) is 6.70. The lowest BCUT2D eigenvalue weighted by atomic mass is 10.1. The molecular formula is C23H31FIN5O3. The van der Waals surface area contributed by atoms with Crippen molar-refractivity contribution in [1.82, 2.24) is 20.5 Å². The molecule has 0 unspecified atom stereocenters. The topological polar surface area (TPSA) is 88.1 Å². The lowest BCUT2D eigenvalue weighted by Crippen LogP contribution is -2.49. The number of ether oxygens (including phenoxy) is 2. The number of halogens is 2. The second-order valence-electron chi connectivity index (χ2n) is 7.33. The van der Waals surface area contributed by atoms with E-state index in [1.54, 1.807) is 23.2 Å². The molecule has 2 aromatic rings. The van der Waals surface area contributed by atoms with Crippen LogP contribution in [0.15, 0.2) is 47.6 Å². The fourth-order valence-corrected chi connectivity index (χ4v) is 3.38. The number of amides is 1. The molecule has 2 N–H and O–H groups in total. The second-order valence-corrected chi connectivity index (χ2v) is 7.33. The molecule has 180 valence electrons. The maximum absolute atomic E-state index is 13.5. The highest BCUT2D eigenvalue weighted by atomic mass is 127. The average molecular weight is 571 g/mol. The van der Waals surface area contributed by atoms with Gasteiger partial charge in [-0.3, -0.25) is 0 Å². The summed E-state index contributed by atoms with van der Waals surface area (Å²) in [5.41, 5.74) is 0.783. The van der Waals surface area contributed by atoms with Crippen molar-refractivity contribution in [2.45, 2.75) is 39.3 Å². The Hall–Kier alpha value is -2.63. The van der Waals surface area contributed by atoms with Crippen LogP contribution >= 0.6 is 24.0 Å². The summed E-state index contributed by atoms with van der Waals surface area (Å²) in [7, 11) is 0. The van der Waals surface area contributed by atoms with Gasteiger partial charge in [0, 0.05) is 43.5 Å². The van der Waals surface area contributed by atoms with E-state index in [0.717, 1.165) is 18.4 Å². The SMILES string of the molecule is CCNC(=NCc1cccnc1Oc1cccc(F)c1)NC1CCN(C(=O)OCC)CC1.I. The maximum atomic E-state index is 13.5. The molecule has 8 nitrogen and oxygen atoms in total. The molecule has 1 fully saturated rings. The van der Waals surface area contributed by atoms with Gasteiger partial charge in [-0.25, -0.2) is 19.2 Å². The van der Waals surface area contributed by atoms with Crippen LogP contribution in [0.1, 0.15) is 32.3 Å². The van der Waals surface area contributed by atoms with Gasteiger partial charge in [0.2, 0.25) is 5.88 Å². The molecule has 0 bridgehead atoms. The summed E-state index contributed by atoms with van der Waals surface area (Å²) in [6, 6.07) is 9.85. The minimum Gasteiger partial charge on any atom is -0.450 e. The monoisotopic (exact) mass is 571 g/mol. The summed E-state index contributed by atoms with van der Waals surface area (Å²) in [5.74, 6) is 1.08. The van der Waals surface area contributed by atoms with Crippen LogP contribution in [0.4, 0.5) is 9.18 Å². The van der Waals surface area contributed by atoms with Crippen molar-refractivity contribution < 1.29 is 18.7 Å². The number of hydrogen-bond acceptors (Lipinski definition) is 5.